The molecule has 0 aliphatic carbocycles. The van der Waals surface area contributed by atoms with Gasteiger partial charge in [-0.25, -0.2) is 0 Å². The first-order valence-corrected chi connectivity index (χ1v) is 10.1. The number of benzene rings is 4. The Bertz CT molecular complexity index is 1080. The molecule has 0 aromatic heterocycles. The Labute approximate surface area is 182 Å². The van der Waals surface area contributed by atoms with E-state index in [0.717, 1.165) is 11.1 Å². The number of para-hydroxylation sites is 2. The van der Waals surface area contributed by atoms with Crippen LogP contribution in [0.4, 0.5) is 0 Å². The van der Waals surface area contributed by atoms with Crippen LogP contribution in [0, 0.1) is 0 Å². The molecule has 0 aliphatic rings. The summed E-state index contributed by atoms with van der Waals surface area (Å²) in [5.41, 5.74) is 1.46. The minimum Gasteiger partial charge on any atom is -0.504 e. The van der Waals surface area contributed by atoms with Gasteiger partial charge in [-0.3, -0.25) is 0 Å². The van der Waals surface area contributed by atoms with E-state index in [4.69, 9.17) is 9.47 Å². The van der Waals surface area contributed by atoms with Gasteiger partial charge < -0.3 is 19.7 Å². The number of phenolic OH excluding ortho intramolecular Hbond substituents is 2. The predicted octanol–water partition coefficient (Wildman–Crippen LogP) is 7.01. The van der Waals surface area contributed by atoms with Crippen molar-refractivity contribution in [1.29, 1.82) is 0 Å². The van der Waals surface area contributed by atoms with Crippen LogP contribution in [-0.2, 0) is 5.41 Å². The third-order valence-electron chi connectivity index (χ3n) is 5.31. The van der Waals surface area contributed by atoms with Gasteiger partial charge in [-0.15, -0.1) is 0 Å². The molecule has 0 heterocycles. The number of aromatic hydroxyl groups is 2. The lowest BCUT2D eigenvalue weighted by Gasteiger charge is -2.27. The maximum Gasteiger partial charge on any atom is 0.169 e. The highest BCUT2D eigenvalue weighted by molar-refractivity contribution is 5.52. The number of hydrogen-bond donors (Lipinski definition) is 2. The average Bonchev–Trinajstić information content (AvgIpc) is 2.78. The highest BCUT2D eigenvalue weighted by Crippen LogP contribution is 2.41. The molecule has 4 rings (SSSR count). The van der Waals surface area contributed by atoms with Crippen LogP contribution in [0.25, 0.3) is 0 Å². The minimum absolute atomic E-state index is 0.0715. The van der Waals surface area contributed by atoms with Crippen LogP contribution in [0.1, 0.15) is 25.0 Å². The van der Waals surface area contributed by atoms with Crippen molar-refractivity contribution in [3.05, 3.63) is 108 Å². The zero-order chi connectivity index (χ0) is 21.8. The molecule has 4 heteroatoms. The monoisotopic (exact) mass is 412 g/mol. The van der Waals surface area contributed by atoms with Gasteiger partial charge in [0.05, 0.1) is 0 Å². The molecule has 156 valence electrons. The van der Waals surface area contributed by atoms with E-state index in [9.17, 15) is 10.2 Å². The SMILES string of the molecule is CC(C)(c1ccc(O)c(Oc2ccccc2)c1)c1ccc(O)c(Oc2ccccc2)c1. The second-order valence-electron chi connectivity index (χ2n) is 7.82. The Hall–Kier alpha value is -3.92. The molecule has 4 aromatic rings. The Morgan fingerprint density at radius 2 is 0.935 bits per heavy atom. The first kappa shape index (κ1) is 20.4. The van der Waals surface area contributed by atoms with Crippen LogP contribution >= 0.6 is 0 Å². The smallest absolute Gasteiger partial charge is 0.169 e. The van der Waals surface area contributed by atoms with Crippen LogP contribution in [0.2, 0.25) is 0 Å². The van der Waals surface area contributed by atoms with Crippen molar-refractivity contribution >= 4 is 0 Å². The van der Waals surface area contributed by atoms with Crippen molar-refractivity contribution < 1.29 is 19.7 Å². The lowest BCUT2D eigenvalue weighted by Crippen LogP contribution is -2.19. The van der Waals surface area contributed by atoms with Crippen molar-refractivity contribution in [2.75, 3.05) is 0 Å². The van der Waals surface area contributed by atoms with Gasteiger partial charge in [0.1, 0.15) is 11.5 Å². The Morgan fingerprint density at radius 3 is 1.32 bits per heavy atom. The van der Waals surface area contributed by atoms with Crippen molar-refractivity contribution in [2.45, 2.75) is 19.3 Å². The summed E-state index contributed by atoms with van der Waals surface area (Å²) in [5.74, 6) is 2.21. The fourth-order valence-corrected chi connectivity index (χ4v) is 3.37. The third kappa shape index (κ3) is 4.48. The van der Waals surface area contributed by atoms with Crippen molar-refractivity contribution in [3.8, 4) is 34.5 Å². The largest absolute Gasteiger partial charge is 0.504 e. The standard InChI is InChI=1S/C27H24O4/c1-27(2,19-13-15-23(28)25(17-19)30-21-9-5-3-6-10-21)20-14-16-24(29)26(18-20)31-22-11-7-4-8-12-22/h3-18,28-29H,1-2H3. The molecule has 4 nitrogen and oxygen atoms in total. The van der Waals surface area contributed by atoms with Crippen molar-refractivity contribution in [2.24, 2.45) is 0 Å². The highest BCUT2D eigenvalue weighted by Gasteiger charge is 2.26. The third-order valence-corrected chi connectivity index (χ3v) is 5.31. The zero-order valence-corrected chi connectivity index (χ0v) is 17.4. The molecule has 0 fully saturated rings. The van der Waals surface area contributed by atoms with E-state index in [0.29, 0.717) is 23.0 Å². The summed E-state index contributed by atoms with van der Waals surface area (Å²) in [7, 11) is 0. The van der Waals surface area contributed by atoms with Crippen LogP contribution in [0.15, 0.2) is 97.1 Å². The van der Waals surface area contributed by atoms with Gasteiger partial charge >= 0.3 is 0 Å². The van der Waals surface area contributed by atoms with E-state index in [2.05, 4.69) is 13.8 Å². The van der Waals surface area contributed by atoms with Crippen molar-refractivity contribution in [1.82, 2.24) is 0 Å². The van der Waals surface area contributed by atoms with Crippen molar-refractivity contribution in [3.63, 3.8) is 0 Å². The van der Waals surface area contributed by atoms with Gasteiger partial charge in [-0.2, -0.15) is 0 Å². The van der Waals surface area contributed by atoms with Crippen LogP contribution in [0.3, 0.4) is 0 Å². The number of rotatable bonds is 6. The molecule has 0 aliphatic heterocycles. The molecule has 0 radical (unpaired) electrons. The second kappa shape index (κ2) is 8.44. The minimum atomic E-state index is -0.439. The van der Waals surface area contributed by atoms with Gasteiger partial charge in [-0.05, 0) is 59.7 Å². The molecule has 4 aromatic carbocycles. The van der Waals surface area contributed by atoms with E-state index in [1.165, 1.54) is 0 Å². The average molecular weight is 412 g/mol. The first-order valence-electron chi connectivity index (χ1n) is 10.1. The van der Waals surface area contributed by atoms with Gasteiger partial charge in [0, 0.05) is 5.41 Å². The van der Waals surface area contributed by atoms with Gasteiger partial charge in [-0.1, -0.05) is 62.4 Å². The van der Waals surface area contributed by atoms with E-state index < -0.39 is 5.41 Å². The van der Waals surface area contributed by atoms with Gasteiger partial charge in [0.15, 0.2) is 23.0 Å². The van der Waals surface area contributed by atoms with Gasteiger partial charge in [0.2, 0.25) is 0 Å². The zero-order valence-electron chi connectivity index (χ0n) is 17.4. The van der Waals surface area contributed by atoms with Crippen LogP contribution in [-0.4, -0.2) is 10.2 Å². The van der Waals surface area contributed by atoms with Gasteiger partial charge in [0.25, 0.3) is 0 Å². The lowest BCUT2D eigenvalue weighted by atomic mass is 9.78. The molecule has 0 amide bonds. The molecule has 0 unspecified atom stereocenters. The summed E-state index contributed by atoms with van der Waals surface area (Å²) in [5, 5.41) is 20.6. The van der Waals surface area contributed by atoms with E-state index >= 15 is 0 Å². The summed E-state index contributed by atoms with van der Waals surface area (Å²) in [6, 6.07) is 29.4. The molecule has 0 saturated heterocycles. The Balaban J connectivity index is 1.66. The molecule has 0 saturated carbocycles. The summed E-state index contributed by atoms with van der Waals surface area (Å²) >= 11 is 0. The summed E-state index contributed by atoms with van der Waals surface area (Å²) in [6.07, 6.45) is 0. The molecular formula is C27H24O4. The predicted molar refractivity (Wildman–Crippen MR) is 121 cm³/mol. The molecule has 31 heavy (non-hydrogen) atoms. The normalized spacial score (nSPS) is 11.2. The number of ether oxygens (including phenoxy) is 2. The van der Waals surface area contributed by atoms with E-state index in [1.807, 2.05) is 84.9 Å². The number of hydrogen-bond acceptors (Lipinski definition) is 4. The van der Waals surface area contributed by atoms with E-state index in [1.54, 1.807) is 12.1 Å². The van der Waals surface area contributed by atoms with Crippen LogP contribution in [0.5, 0.6) is 34.5 Å². The molecular weight excluding hydrogens is 388 g/mol. The van der Waals surface area contributed by atoms with E-state index in [-0.39, 0.29) is 11.5 Å². The summed E-state index contributed by atoms with van der Waals surface area (Å²) < 4.78 is 11.8. The maximum atomic E-state index is 10.3. The maximum absolute atomic E-state index is 10.3. The molecule has 0 spiro atoms. The Kier molecular flexibility index (Phi) is 5.54. The molecule has 0 bridgehead atoms. The fourth-order valence-electron chi connectivity index (χ4n) is 3.37. The Morgan fingerprint density at radius 1 is 0.548 bits per heavy atom. The molecule has 0 atom stereocenters. The fraction of sp³-hybridized carbons (Fsp3) is 0.111. The second-order valence-corrected chi connectivity index (χ2v) is 7.82. The highest BCUT2D eigenvalue weighted by atomic mass is 16.5. The summed E-state index contributed by atoms with van der Waals surface area (Å²) in [4.78, 5) is 0. The van der Waals surface area contributed by atoms with Crippen LogP contribution < -0.4 is 9.47 Å². The summed E-state index contributed by atoms with van der Waals surface area (Å²) in [6.45, 7) is 4.15. The lowest BCUT2D eigenvalue weighted by molar-refractivity contribution is 0.408. The first-order chi connectivity index (χ1) is 14.9. The topological polar surface area (TPSA) is 58.9 Å². The quantitative estimate of drug-likeness (QED) is 0.358. The number of phenols is 2. The molecule has 2 N–H and O–H groups in total.